The van der Waals surface area contributed by atoms with Gasteiger partial charge < -0.3 is 10.2 Å². The Balaban J connectivity index is 2.31. The average molecular weight is 270 g/mol. The van der Waals surface area contributed by atoms with Gasteiger partial charge in [-0.3, -0.25) is 9.78 Å². The molecule has 1 aromatic carbocycles. The third kappa shape index (κ3) is 2.93. The fraction of sp³-hybridized carbons (Fsp3) is 0.267. The van der Waals surface area contributed by atoms with Crippen molar-refractivity contribution in [1.82, 2.24) is 9.97 Å². The van der Waals surface area contributed by atoms with E-state index in [4.69, 9.17) is 0 Å². The van der Waals surface area contributed by atoms with Crippen molar-refractivity contribution in [2.45, 2.75) is 13.8 Å². The third-order valence-corrected chi connectivity index (χ3v) is 3.01. The summed E-state index contributed by atoms with van der Waals surface area (Å²) in [4.78, 5) is 22.3. The first-order valence-electron chi connectivity index (χ1n) is 6.37. The fourth-order valence-corrected chi connectivity index (χ4v) is 2.02. The van der Waals surface area contributed by atoms with Crippen LogP contribution >= 0.6 is 0 Å². The summed E-state index contributed by atoms with van der Waals surface area (Å²) in [6.07, 6.45) is 3.05. The number of carbonyl (C=O) groups excluding carboxylic acids is 1. The lowest BCUT2D eigenvalue weighted by atomic mass is 10.1. The van der Waals surface area contributed by atoms with E-state index in [0.717, 1.165) is 16.8 Å². The lowest BCUT2D eigenvalue weighted by Gasteiger charge is -2.18. The third-order valence-electron chi connectivity index (χ3n) is 3.01. The first kappa shape index (κ1) is 14.0. The Labute approximate surface area is 118 Å². The van der Waals surface area contributed by atoms with Gasteiger partial charge in [-0.1, -0.05) is 6.07 Å². The zero-order chi connectivity index (χ0) is 14.7. The molecule has 0 atom stereocenters. The molecule has 0 aliphatic heterocycles. The smallest absolute Gasteiger partial charge is 0.278 e. The van der Waals surface area contributed by atoms with Crippen LogP contribution in [0, 0.1) is 13.8 Å². The lowest BCUT2D eigenvalue weighted by molar-refractivity contribution is 0.0988. The summed E-state index contributed by atoms with van der Waals surface area (Å²) < 4.78 is 0. The number of aryl methyl sites for hydroxylation is 2. The van der Waals surface area contributed by atoms with Crippen molar-refractivity contribution in [3.8, 4) is 0 Å². The molecule has 2 rings (SSSR count). The predicted molar refractivity (Wildman–Crippen MR) is 80.2 cm³/mol. The minimum absolute atomic E-state index is 0.181. The maximum atomic E-state index is 12.4. The number of carbonyl (C=O) groups is 1. The van der Waals surface area contributed by atoms with Crippen LogP contribution in [0.4, 0.5) is 11.5 Å². The number of anilines is 2. The molecule has 5 heteroatoms. The maximum Gasteiger partial charge on any atom is 0.278 e. The Kier molecular flexibility index (Phi) is 3.98. The zero-order valence-electron chi connectivity index (χ0n) is 12.1. The predicted octanol–water partition coefficient (Wildman–Crippen LogP) is 2.41. The summed E-state index contributed by atoms with van der Waals surface area (Å²) >= 11 is 0. The van der Waals surface area contributed by atoms with E-state index in [2.05, 4.69) is 21.4 Å². The van der Waals surface area contributed by atoms with Crippen molar-refractivity contribution in [2.75, 3.05) is 24.3 Å². The maximum absolute atomic E-state index is 12.4. The minimum Gasteiger partial charge on any atom is -0.372 e. The monoisotopic (exact) mass is 270 g/mol. The van der Waals surface area contributed by atoms with Gasteiger partial charge in [0.1, 0.15) is 11.5 Å². The topological polar surface area (TPSA) is 58.1 Å². The van der Waals surface area contributed by atoms with Gasteiger partial charge in [0.25, 0.3) is 5.91 Å². The molecule has 2 aromatic rings. The van der Waals surface area contributed by atoms with Gasteiger partial charge >= 0.3 is 0 Å². The molecule has 0 unspecified atom stereocenters. The van der Waals surface area contributed by atoms with Crippen LogP contribution in [0.25, 0.3) is 0 Å². The van der Waals surface area contributed by atoms with Gasteiger partial charge in [-0.05, 0) is 37.1 Å². The quantitative estimate of drug-likeness (QED) is 0.930. The molecular weight excluding hydrogens is 252 g/mol. The molecule has 104 valence electrons. The normalized spacial score (nSPS) is 10.2. The first-order valence-corrected chi connectivity index (χ1v) is 6.37. The van der Waals surface area contributed by atoms with Gasteiger partial charge in [0.2, 0.25) is 0 Å². The summed E-state index contributed by atoms with van der Waals surface area (Å²) in [5.41, 5.74) is 3.41. The van der Waals surface area contributed by atoms with E-state index in [9.17, 15) is 4.79 Å². The number of nitrogens with one attached hydrogen (secondary N) is 1. The second kappa shape index (κ2) is 5.69. The molecular formula is C15H18N4O. The molecule has 0 spiro atoms. The molecule has 0 bridgehead atoms. The lowest BCUT2D eigenvalue weighted by Crippen LogP contribution is -2.27. The van der Waals surface area contributed by atoms with Crippen LogP contribution in [0.15, 0.2) is 30.6 Å². The Morgan fingerprint density at radius 3 is 2.40 bits per heavy atom. The van der Waals surface area contributed by atoms with Gasteiger partial charge in [0.05, 0.1) is 12.4 Å². The van der Waals surface area contributed by atoms with E-state index in [-0.39, 0.29) is 5.91 Å². The number of hydrogen-bond acceptors (Lipinski definition) is 4. The van der Waals surface area contributed by atoms with Crippen LogP contribution in [-0.2, 0) is 0 Å². The Bertz CT molecular complexity index is 619. The molecule has 0 saturated carbocycles. The van der Waals surface area contributed by atoms with Crippen molar-refractivity contribution in [2.24, 2.45) is 0 Å². The standard InChI is InChI=1S/C15H18N4O/c1-10-5-11(2)7-12(6-10)19(4)15(20)13-8-17-9-14(16-3)18-13/h5-9H,1-4H3,(H,16,18). The second-order valence-electron chi connectivity index (χ2n) is 4.75. The van der Waals surface area contributed by atoms with Crippen molar-refractivity contribution < 1.29 is 4.79 Å². The average Bonchev–Trinajstić information content (AvgIpc) is 2.44. The number of nitrogens with zero attached hydrogens (tertiary/aromatic N) is 3. The Hall–Kier alpha value is -2.43. The highest BCUT2D eigenvalue weighted by Crippen LogP contribution is 2.19. The Morgan fingerprint density at radius 1 is 1.15 bits per heavy atom. The molecule has 1 aromatic heterocycles. The number of hydrogen-bond donors (Lipinski definition) is 1. The van der Waals surface area contributed by atoms with Crippen LogP contribution in [0.3, 0.4) is 0 Å². The van der Waals surface area contributed by atoms with E-state index in [1.165, 1.54) is 6.20 Å². The van der Waals surface area contributed by atoms with Crippen LogP contribution in [0.1, 0.15) is 21.6 Å². The first-order chi connectivity index (χ1) is 9.51. The van der Waals surface area contributed by atoms with Crippen molar-refractivity contribution in [3.63, 3.8) is 0 Å². The van der Waals surface area contributed by atoms with Gasteiger partial charge in [-0.15, -0.1) is 0 Å². The molecule has 0 radical (unpaired) electrons. The fourth-order valence-electron chi connectivity index (χ4n) is 2.02. The molecule has 0 aliphatic carbocycles. The van der Waals surface area contributed by atoms with Crippen LogP contribution < -0.4 is 10.2 Å². The van der Waals surface area contributed by atoms with Gasteiger partial charge in [0.15, 0.2) is 0 Å². The summed E-state index contributed by atoms with van der Waals surface area (Å²) in [6, 6.07) is 6.02. The van der Waals surface area contributed by atoms with E-state index in [1.54, 1.807) is 25.2 Å². The summed E-state index contributed by atoms with van der Waals surface area (Å²) in [5.74, 6) is 0.393. The molecule has 0 aliphatic rings. The number of rotatable bonds is 3. The van der Waals surface area contributed by atoms with Crippen molar-refractivity contribution in [1.29, 1.82) is 0 Å². The highest BCUT2D eigenvalue weighted by Gasteiger charge is 2.16. The van der Waals surface area contributed by atoms with Gasteiger partial charge in [-0.2, -0.15) is 0 Å². The molecule has 1 amide bonds. The summed E-state index contributed by atoms with van der Waals surface area (Å²) in [7, 11) is 3.48. The number of benzene rings is 1. The number of aromatic nitrogens is 2. The van der Waals surface area contributed by atoms with E-state index < -0.39 is 0 Å². The molecule has 20 heavy (non-hydrogen) atoms. The Morgan fingerprint density at radius 2 is 1.80 bits per heavy atom. The summed E-state index contributed by atoms with van der Waals surface area (Å²) in [5, 5.41) is 2.87. The van der Waals surface area contributed by atoms with E-state index in [1.807, 2.05) is 26.0 Å². The van der Waals surface area contributed by atoms with Crippen molar-refractivity contribution in [3.05, 3.63) is 47.4 Å². The molecule has 0 fully saturated rings. The highest BCUT2D eigenvalue weighted by molar-refractivity contribution is 6.04. The minimum atomic E-state index is -0.181. The largest absolute Gasteiger partial charge is 0.372 e. The molecule has 1 heterocycles. The van der Waals surface area contributed by atoms with E-state index >= 15 is 0 Å². The van der Waals surface area contributed by atoms with Crippen LogP contribution in [-0.4, -0.2) is 30.0 Å². The molecule has 5 nitrogen and oxygen atoms in total. The van der Waals surface area contributed by atoms with Gasteiger partial charge in [-0.25, -0.2) is 4.98 Å². The highest BCUT2D eigenvalue weighted by atomic mass is 16.2. The summed E-state index contributed by atoms with van der Waals surface area (Å²) in [6.45, 7) is 4.02. The van der Waals surface area contributed by atoms with Crippen molar-refractivity contribution >= 4 is 17.4 Å². The molecule has 0 saturated heterocycles. The second-order valence-corrected chi connectivity index (χ2v) is 4.75. The number of amides is 1. The van der Waals surface area contributed by atoms with Crippen LogP contribution in [0.5, 0.6) is 0 Å². The van der Waals surface area contributed by atoms with Gasteiger partial charge in [0, 0.05) is 19.8 Å². The molecule has 1 N–H and O–H groups in total. The zero-order valence-corrected chi connectivity index (χ0v) is 12.1. The SMILES string of the molecule is CNc1cncc(C(=O)N(C)c2cc(C)cc(C)c2)n1. The van der Waals surface area contributed by atoms with Crippen LogP contribution in [0.2, 0.25) is 0 Å². The van der Waals surface area contributed by atoms with E-state index in [0.29, 0.717) is 11.5 Å².